The first kappa shape index (κ1) is 15.8. The van der Waals surface area contributed by atoms with Crippen molar-refractivity contribution >= 4 is 11.8 Å². The largest absolute Gasteiger partial charge is 0.342 e. The molecule has 0 spiro atoms. The summed E-state index contributed by atoms with van der Waals surface area (Å²) in [5.41, 5.74) is 0. The van der Waals surface area contributed by atoms with Gasteiger partial charge in [0.2, 0.25) is 11.8 Å². The maximum absolute atomic E-state index is 12.4. The van der Waals surface area contributed by atoms with E-state index >= 15 is 0 Å². The van der Waals surface area contributed by atoms with E-state index in [4.69, 9.17) is 0 Å². The molecule has 2 amide bonds. The average Bonchev–Trinajstić information content (AvgIpc) is 2.75. The summed E-state index contributed by atoms with van der Waals surface area (Å²) in [6, 6.07) is 0. The second-order valence-corrected chi connectivity index (χ2v) is 7.02. The molecule has 2 aliphatic heterocycles. The summed E-state index contributed by atoms with van der Waals surface area (Å²) in [7, 11) is 0. The number of hydrogen-bond acceptors (Lipinski definition) is 3. The fraction of sp³-hybridized carbons (Fsp3) is 0.882. The Balaban J connectivity index is 1.41. The predicted molar refractivity (Wildman–Crippen MR) is 85.4 cm³/mol. The van der Waals surface area contributed by atoms with Gasteiger partial charge in [-0.05, 0) is 25.7 Å². The molecule has 0 aromatic carbocycles. The van der Waals surface area contributed by atoms with Crippen LogP contribution in [0.5, 0.6) is 0 Å². The van der Waals surface area contributed by atoms with Crippen molar-refractivity contribution < 1.29 is 9.59 Å². The number of piperazine rings is 1. The Kier molecular flexibility index (Phi) is 5.34. The van der Waals surface area contributed by atoms with E-state index in [0.717, 1.165) is 65.0 Å². The fourth-order valence-electron chi connectivity index (χ4n) is 3.65. The Morgan fingerprint density at radius 3 is 1.91 bits per heavy atom. The van der Waals surface area contributed by atoms with Gasteiger partial charge in [0.15, 0.2) is 0 Å². The van der Waals surface area contributed by atoms with Crippen LogP contribution in [0.25, 0.3) is 0 Å². The number of hydrogen-bond donors (Lipinski definition) is 0. The van der Waals surface area contributed by atoms with Crippen molar-refractivity contribution in [3.63, 3.8) is 0 Å². The van der Waals surface area contributed by atoms with Crippen LogP contribution in [0.4, 0.5) is 0 Å². The van der Waals surface area contributed by atoms with Crippen LogP contribution in [0, 0.1) is 5.92 Å². The Morgan fingerprint density at radius 1 is 0.727 bits per heavy atom. The van der Waals surface area contributed by atoms with E-state index in [9.17, 15) is 9.59 Å². The zero-order valence-electron chi connectivity index (χ0n) is 13.6. The topological polar surface area (TPSA) is 43.9 Å². The van der Waals surface area contributed by atoms with Gasteiger partial charge in [0, 0.05) is 45.2 Å². The van der Waals surface area contributed by atoms with E-state index in [1.54, 1.807) is 0 Å². The van der Waals surface area contributed by atoms with Crippen molar-refractivity contribution in [2.45, 2.75) is 44.9 Å². The third kappa shape index (κ3) is 3.80. The summed E-state index contributed by atoms with van der Waals surface area (Å²) < 4.78 is 0. The van der Waals surface area contributed by atoms with Gasteiger partial charge in [-0.25, -0.2) is 0 Å². The van der Waals surface area contributed by atoms with Crippen molar-refractivity contribution in [1.29, 1.82) is 0 Å². The lowest BCUT2D eigenvalue weighted by Crippen LogP contribution is -2.53. The van der Waals surface area contributed by atoms with Gasteiger partial charge in [0.05, 0.1) is 6.54 Å². The van der Waals surface area contributed by atoms with Crippen LogP contribution in [-0.2, 0) is 9.59 Å². The van der Waals surface area contributed by atoms with E-state index in [-0.39, 0.29) is 5.91 Å². The molecule has 0 aromatic rings. The molecule has 124 valence electrons. The van der Waals surface area contributed by atoms with Crippen LogP contribution in [0.15, 0.2) is 0 Å². The molecule has 22 heavy (non-hydrogen) atoms. The van der Waals surface area contributed by atoms with Crippen LogP contribution in [0.1, 0.15) is 44.9 Å². The van der Waals surface area contributed by atoms with E-state index in [1.807, 2.05) is 9.80 Å². The smallest absolute Gasteiger partial charge is 0.236 e. The van der Waals surface area contributed by atoms with Crippen molar-refractivity contribution in [3.05, 3.63) is 0 Å². The molecule has 3 fully saturated rings. The second kappa shape index (κ2) is 7.44. The highest BCUT2D eigenvalue weighted by molar-refractivity contribution is 5.80. The van der Waals surface area contributed by atoms with Gasteiger partial charge in [0.25, 0.3) is 0 Å². The molecule has 1 saturated carbocycles. The van der Waals surface area contributed by atoms with E-state index < -0.39 is 0 Å². The maximum Gasteiger partial charge on any atom is 0.236 e. The standard InChI is InChI=1S/C17H29N3O2/c21-16(19-8-3-1-2-4-9-19)14-18-10-12-20(13-11-18)17(22)15-6-5-7-15/h15H,1-14H2. The first-order chi connectivity index (χ1) is 10.7. The molecule has 2 heterocycles. The van der Waals surface area contributed by atoms with Gasteiger partial charge in [-0.1, -0.05) is 19.3 Å². The average molecular weight is 307 g/mol. The maximum atomic E-state index is 12.4. The van der Waals surface area contributed by atoms with E-state index in [2.05, 4.69) is 4.90 Å². The lowest BCUT2D eigenvalue weighted by molar-refractivity contribution is -0.140. The molecule has 0 bridgehead atoms. The Hall–Kier alpha value is -1.10. The summed E-state index contributed by atoms with van der Waals surface area (Å²) in [6.45, 7) is 5.67. The predicted octanol–water partition coefficient (Wildman–Crippen LogP) is 1.33. The van der Waals surface area contributed by atoms with Crippen molar-refractivity contribution in [1.82, 2.24) is 14.7 Å². The van der Waals surface area contributed by atoms with E-state index in [1.165, 1.54) is 19.3 Å². The molecular weight excluding hydrogens is 278 g/mol. The summed E-state index contributed by atoms with van der Waals surface area (Å²) >= 11 is 0. The molecule has 1 aliphatic carbocycles. The molecule has 2 saturated heterocycles. The zero-order chi connectivity index (χ0) is 15.4. The summed E-state index contributed by atoms with van der Waals surface area (Å²) in [5, 5.41) is 0. The minimum absolute atomic E-state index is 0.278. The van der Waals surface area contributed by atoms with Crippen LogP contribution in [-0.4, -0.2) is 72.3 Å². The van der Waals surface area contributed by atoms with Gasteiger partial charge in [-0.3, -0.25) is 14.5 Å². The minimum Gasteiger partial charge on any atom is -0.342 e. The molecule has 0 unspecified atom stereocenters. The molecule has 3 aliphatic rings. The highest BCUT2D eigenvalue weighted by Gasteiger charge is 2.31. The van der Waals surface area contributed by atoms with Gasteiger partial charge < -0.3 is 9.80 Å². The number of likely N-dealkylation sites (tertiary alicyclic amines) is 1. The van der Waals surface area contributed by atoms with Gasteiger partial charge in [-0.2, -0.15) is 0 Å². The first-order valence-corrected chi connectivity index (χ1v) is 9.03. The fourth-order valence-corrected chi connectivity index (χ4v) is 3.65. The zero-order valence-corrected chi connectivity index (χ0v) is 13.6. The normalized spacial score (nSPS) is 24.7. The number of rotatable bonds is 3. The van der Waals surface area contributed by atoms with Crippen LogP contribution in [0.3, 0.4) is 0 Å². The van der Waals surface area contributed by atoms with Crippen molar-refractivity contribution in [3.8, 4) is 0 Å². The lowest BCUT2D eigenvalue weighted by atomic mass is 9.84. The minimum atomic E-state index is 0.278. The number of amides is 2. The molecule has 0 N–H and O–H groups in total. The molecule has 0 aromatic heterocycles. The molecule has 0 atom stereocenters. The Morgan fingerprint density at radius 2 is 1.36 bits per heavy atom. The molecule has 5 heteroatoms. The summed E-state index contributed by atoms with van der Waals surface area (Å²) in [4.78, 5) is 30.9. The highest BCUT2D eigenvalue weighted by atomic mass is 16.2. The number of carbonyl (C=O) groups excluding carboxylic acids is 2. The third-order valence-corrected chi connectivity index (χ3v) is 5.46. The first-order valence-electron chi connectivity index (χ1n) is 9.03. The van der Waals surface area contributed by atoms with Crippen molar-refractivity contribution in [2.24, 2.45) is 5.92 Å². The summed E-state index contributed by atoms with van der Waals surface area (Å²) in [6.07, 6.45) is 8.17. The van der Waals surface area contributed by atoms with E-state index in [0.29, 0.717) is 18.4 Å². The number of nitrogens with zero attached hydrogens (tertiary/aromatic N) is 3. The highest BCUT2D eigenvalue weighted by Crippen LogP contribution is 2.28. The molecule has 3 rings (SSSR count). The van der Waals surface area contributed by atoms with Crippen molar-refractivity contribution in [2.75, 3.05) is 45.8 Å². The van der Waals surface area contributed by atoms with Crippen LogP contribution in [0.2, 0.25) is 0 Å². The summed E-state index contributed by atoms with van der Waals surface area (Å²) in [5.74, 6) is 0.927. The quantitative estimate of drug-likeness (QED) is 0.790. The monoisotopic (exact) mass is 307 g/mol. The Bertz CT molecular complexity index is 393. The van der Waals surface area contributed by atoms with Gasteiger partial charge in [-0.15, -0.1) is 0 Å². The van der Waals surface area contributed by atoms with Gasteiger partial charge in [0.1, 0.15) is 0 Å². The Labute approximate surface area is 133 Å². The number of carbonyl (C=O) groups is 2. The molecule has 0 radical (unpaired) electrons. The molecule has 5 nitrogen and oxygen atoms in total. The third-order valence-electron chi connectivity index (χ3n) is 5.46. The molecular formula is C17H29N3O2. The van der Waals surface area contributed by atoms with Crippen LogP contribution < -0.4 is 0 Å². The second-order valence-electron chi connectivity index (χ2n) is 7.02. The lowest BCUT2D eigenvalue weighted by Gasteiger charge is -2.38. The van der Waals surface area contributed by atoms with Gasteiger partial charge >= 0.3 is 0 Å². The SMILES string of the molecule is O=C(CN1CCN(C(=O)C2CCC2)CC1)N1CCCCCC1. The van der Waals surface area contributed by atoms with Crippen LogP contribution >= 0.6 is 0 Å².